The van der Waals surface area contributed by atoms with Gasteiger partial charge in [-0.25, -0.2) is 0 Å². The molecule has 1 rings (SSSR count). The van der Waals surface area contributed by atoms with Crippen molar-refractivity contribution in [3.8, 4) is 0 Å². The van der Waals surface area contributed by atoms with Gasteiger partial charge in [0.15, 0.2) is 5.96 Å². The Balaban J connectivity index is 0.00000324. The molecular formula is C15H26IN3. The largest absolute Gasteiger partial charge is 0.357 e. The highest BCUT2D eigenvalue weighted by atomic mass is 127. The van der Waals surface area contributed by atoms with Crippen molar-refractivity contribution in [2.24, 2.45) is 4.99 Å². The van der Waals surface area contributed by atoms with E-state index in [9.17, 15) is 0 Å². The number of nitrogens with one attached hydrogen (secondary N) is 2. The van der Waals surface area contributed by atoms with Gasteiger partial charge in [-0.3, -0.25) is 4.99 Å². The lowest BCUT2D eigenvalue weighted by Gasteiger charge is -2.09. The second-order valence-electron chi connectivity index (χ2n) is 4.21. The third-order valence-corrected chi connectivity index (χ3v) is 2.79. The van der Waals surface area contributed by atoms with Crippen molar-refractivity contribution < 1.29 is 0 Å². The maximum atomic E-state index is 4.54. The number of hydrogen-bond acceptors (Lipinski definition) is 1. The van der Waals surface area contributed by atoms with Gasteiger partial charge in [0, 0.05) is 19.6 Å². The molecular weight excluding hydrogens is 349 g/mol. The van der Waals surface area contributed by atoms with Gasteiger partial charge in [-0.1, -0.05) is 31.2 Å². The summed E-state index contributed by atoms with van der Waals surface area (Å²) >= 11 is 0. The summed E-state index contributed by atoms with van der Waals surface area (Å²) in [6.45, 7) is 8.96. The molecule has 0 aliphatic carbocycles. The van der Waals surface area contributed by atoms with E-state index in [1.165, 1.54) is 11.1 Å². The maximum Gasteiger partial charge on any atom is 0.191 e. The van der Waals surface area contributed by atoms with Crippen molar-refractivity contribution in [3.63, 3.8) is 0 Å². The molecule has 0 atom stereocenters. The monoisotopic (exact) mass is 375 g/mol. The number of rotatable bonds is 6. The summed E-state index contributed by atoms with van der Waals surface area (Å²) in [4.78, 5) is 4.54. The number of aliphatic imine (C=N–C) groups is 1. The molecule has 0 bridgehead atoms. The van der Waals surface area contributed by atoms with Gasteiger partial charge in [0.25, 0.3) is 0 Å². The van der Waals surface area contributed by atoms with Crippen molar-refractivity contribution >= 4 is 29.9 Å². The summed E-state index contributed by atoms with van der Waals surface area (Å²) in [5, 5.41) is 6.45. The Kier molecular flexibility index (Phi) is 10.6. The zero-order valence-corrected chi connectivity index (χ0v) is 14.5. The molecule has 0 heterocycles. The minimum atomic E-state index is 0. The zero-order chi connectivity index (χ0) is 13.2. The van der Waals surface area contributed by atoms with Gasteiger partial charge in [-0.15, -0.1) is 24.0 Å². The fraction of sp³-hybridized carbons (Fsp3) is 0.533. The van der Waals surface area contributed by atoms with E-state index < -0.39 is 0 Å². The fourth-order valence-electron chi connectivity index (χ4n) is 1.75. The van der Waals surface area contributed by atoms with Crippen LogP contribution in [0.3, 0.4) is 0 Å². The summed E-state index contributed by atoms with van der Waals surface area (Å²) in [7, 11) is 0. The molecule has 0 saturated heterocycles. The highest BCUT2D eigenvalue weighted by Crippen LogP contribution is 2.05. The van der Waals surface area contributed by atoms with Crippen molar-refractivity contribution in [1.29, 1.82) is 0 Å². The predicted octanol–water partition coefficient (Wildman–Crippen LogP) is 2.98. The van der Waals surface area contributed by atoms with Crippen LogP contribution in [0.25, 0.3) is 0 Å². The molecule has 3 nitrogen and oxygen atoms in total. The first kappa shape index (κ1) is 18.2. The number of halogens is 1. The molecule has 0 fully saturated rings. The van der Waals surface area contributed by atoms with E-state index in [2.05, 4.69) is 60.7 Å². The number of nitrogens with zero attached hydrogens (tertiary/aromatic N) is 1. The number of benzene rings is 1. The molecule has 1 aromatic carbocycles. The van der Waals surface area contributed by atoms with Gasteiger partial charge in [0.1, 0.15) is 0 Å². The third kappa shape index (κ3) is 7.40. The molecule has 0 spiro atoms. The van der Waals surface area contributed by atoms with Gasteiger partial charge < -0.3 is 10.6 Å². The lowest BCUT2D eigenvalue weighted by molar-refractivity contribution is 0.833. The summed E-state index contributed by atoms with van der Waals surface area (Å²) < 4.78 is 0. The van der Waals surface area contributed by atoms with E-state index >= 15 is 0 Å². The van der Waals surface area contributed by atoms with Gasteiger partial charge in [-0.05, 0) is 37.8 Å². The van der Waals surface area contributed by atoms with E-state index in [1.54, 1.807) is 0 Å². The van der Waals surface area contributed by atoms with Crippen LogP contribution in [0.4, 0.5) is 0 Å². The molecule has 0 amide bonds. The van der Waals surface area contributed by atoms with E-state index in [-0.39, 0.29) is 24.0 Å². The van der Waals surface area contributed by atoms with Gasteiger partial charge in [0.05, 0.1) is 0 Å². The second kappa shape index (κ2) is 11.1. The lowest BCUT2D eigenvalue weighted by Crippen LogP contribution is -2.37. The van der Waals surface area contributed by atoms with Crippen molar-refractivity contribution in [2.45, 2.75) is 33.6 Å². The number of hydrogen-bond donors (Lipinski definition) is 2. The van der Waals surface area contributed by atoms with Gasteiger partial charge in [0.2, 0.25) is 0 Å². The van der Waals surface area contributed by atoms with E-state index in [0.717, 1.165) is 38.4 Å². The highest BCUT2D eigenvalue weighted by Gasteiger charge is 1.96. The number of guanidine groups is 1. The molecule has 1 aromatic rings. The molecule has 0 unspecified atom stereocenters. The first-order chi connectivity index (χ1) is 8.80. The molecule has 108 valence electrons. The third-order valence-electron chi connectivity index (χ3n) is 2.79. The Morgan fingerprint density at radius 1 is 0.947 bits per heavy atom. The SMILES string of the molecule is CCNC(=NCCc1ccc(CC)cc1)NCC.I. The second-order valence-corrected chi connectivity index (χ2v) is 4.21. The van der Waals surface area contributed by atoms with Crippen LogP contribution >= 0.6 is 24.0 Å². The molecule has 19 heavy (non-hydrogen) atoms. The van der Waals surface area contributed by atoms with Crippen LogP contribution in [-0.4, -0.2) is 25.6 Å². The molecule has 0 aliphatic rings. The molecule has 4 heteroatoms. The average Bonchev–Trinajstić information content (AvgIpc) is 2.40. The zero-order valence-electron chi connectivity index (χ0n) is 12.2. The Hall–Kier alpha value is -0.780. The minimum Gasteiger partial charge on any atom is -0.357 e. The Morgan fingerprint density at radius 3 is 1.95 bits per heavy atom. The van der Waals surface area contributed by atoms with E-state index in [0.29, 0.717) is 0 Å². The molecule has 2 N–H and O–H groups in total. The van der Waals surface area contributed by atoms with Crippen LogP contribution in [0.2, 0.25) is 0 Å². The van der Waals surface area contributed by atoms with Crippen LogP contribution in [0.15, 0.2) is 29.3 Å². The molecule has 0 aromatic heterocycles. The fourth-order valence-corrected chi connectivity index (χ4v) is 1.75. The highest BCUT2D eigenvalue weighted by molar-refractivity contribution is 14.0. The summed E-state index contributed by atoms with van der Waals surface area (Å²) in [5.74, 6) is 0.908. The maximum absolute atomic E-state index is 4.54. The topological polar surface area (TPSA) is 36.4 Å². The van der Waals surface area contributed by atoms with Crippen LogP contribution in [0.5, 0.6) is 0 Å². The first-order valence-electron chi connectivity index (χ1n) is 6.90. The summed E-state index contributed by atoms with van der Waals surface area (Å²) in [5.41, 5.74) is 2.74. The quantitative estimate of drug-likeness (QED) is 0.456. The molecule has 0 saturated carbocycles. The Morgan fingerprint density at radius 2 is 1.47 bits per heavy atom. The summed E-state index contributed by atoms with van der Waals surface area (Å²) in [6, 6.07) is 8.81. The predicted molar refractivity (Wildman–Crippen MR) is 94.6 cm³/mol. The van der Waals surface area contributed by atoms with Crippen LogP contribution in [-0.2, 0) is 12.8 Å². The van der Waals surface area contributed by atoms with Gasteiger partial charge >= 0.3 is 0 Å². The molecule has 0 radical (unpaired) electrons. The average molecular weight is 375 g/mol. The molecule has 0 aliphatic heterocycles. The smallest absolute Gasteiger partial charge is 0.191 e. The van der Waals surface area contributed by atoms with Crippen molar-refractivity contribution in [3.05, 3.63) is 35.4 Å². The Bertz CT molecular complexity index is 352. The van der Waals surface area contributed by atoms with E-state index in [1.807, 2.05) is 0 Å². The standard InChI is InChI=1S/C15H25N3.HI/c1-4-13-7-9-14(10-8-13)11-12-18-15(16-5-2)17-6-3;/h7-10H,4-6,11-12H2,1-3H3,(H2,16,17,18);1H. The first-order valence-corrected chi connectivity index (χ1v) is 6.90. The van der Waals surface area contributed by atoms with Crippen LogP contribution < -0.4 is 10.6 Å². The minimum absolute atomic E-state index is 0. The number of aryl methyl sites for hydroxylation is 1. The lowest BCUT2D eigenvalue weighted by atomic mass is 10.1. The summed E-state index contributed by atoms with van der Waals surface area (Å²) in [6.07, 6.45) is 2.09. The van der Waals surface area contributed by atoms with Crippen molar-refractivity contribution in [2.75, 3.05) is 19.6 Å². The van der Waals surface area contributed by atoms with Gasteiger partial charge in [-0.2, -0.15) is 0 Å². The van der Waals surface area contributed by atoms with Crippen LogP contribution in [0, 0.1) is 0 Å². The Labute approximate surface area is 134 Å². The normalized spacial score (nSPS) is 9.42. The van der Waals surface area contributed by atoms with E-state index in [4.69, 9.17) is 0 Å². The van der Waals surface area contributed by atoms with Crippen LogP contribution in [0.1, 0.15) is 31.9 Å². The van der Waals surface area contributed by atoms with Crippen molar-refractivity contribution in [1.82, 2.24) is 10.6 Å².